The summed E-state index contributed by atoms with van der Waals surface area (Å²) < 4.78 is 0. The summed E-state index contributed by atoms with van der Waals surface area (Å²) >= 11 is 0. The van der Waals surface area contributed by atoms with Gasteiger partial charge in [-0.15, -0.1) is 0 Å². The molecule has 3 rings (SSSR count). The highest BCUT2D eigenvalue weighted by molar-refractivity contribution is 5.52. The number of hydrogen-bond acceptors (Lipinski definition) is 2. The number of anilines is 1. The number of nitrogens with two attached hydrogens (primary N) is 1. The molecule has 0 aliphatic heterocycles. The van der Waals surface area contributed by atoms with Crippen molar-refractivity contribution in [2.75, 3.05) is 5.73 Å². The zero-order chi connectivity index (χ0) is 13.2. The Balaban J connectivity index is 2.23. The second kappa shape index (κ2) is 3.30. The molecule has 98 valence electrons. The van der Waals surface area contributed by atoms with Crippen LogP contribution in [-0.2, 0) is 5.60 Å². The Labute approximate surface area is 109 Å². The van der Waals surface area contributed by atoms with Crippen molar-refractivity contribution in [2.24, 2.45) is 16.7 Å². The van der Waals surface area contributed by atoms with E-state index in [1.54, 1.807) is 0 Å². The Morgan fingerprint density at radius 1 is 1.22 bits per heavy atom. The van der Waals surface area contributed by atoms with Crippen molar-refractivity contribution >= 4 is 5.69 Å². The summed E-state index contributed by atoms with van der Waals surface area (Å²) in [6, 6.07) is 7.82. The van der Waals surface area contributed by atoms with Crippen LogP contribution in [0.25, 0.3) is 0 Å². The van der Waals surface area contributed by atoms with Crippen LogP contribution in [0.2, 0.25) is 0 Å². The largest absolute Gasteiger partial charge is 0.398 e. The van der Waals surface area contributed by atoms with Gasteiger partial charge in [-0.05, 0) is 31.2 Å². The number of hydrogen-bond donors (Lipinski definition) is 2. The SMILES string of the molecule is CC1(C)[C@@H]2CC[C@@](C)(C2)[C@@]1(O)c1ccccc1N. The van der Waals surface area contributed by atoms with Gasteiger partial charge < -0.3 is 10.8 Å². The molecule has 0 amide bonds. The number of fused-ring (bicyclic) bond motifs is 2. The third-order valence-corrected chi connectivity index (χ3v) is 5.92. The molecule has 0 aromatic heterocycles. The van der Waals surface area contributed by atoms with Crippen molar-refractivity contribution in [3.63, 3.8) is 0 Å². The molecule has 2 fully saturated rings. The molecule has 18 heavy (non-hydrogen) atoms. The van der Waals surface area contributed by atoms with Crippen molar-refractivity contribution in [3.05, 3.63) is 29.8 Å². The van der Waals surface area contributed by atoms with Gasteiger partial charge in [0.25, 0.3) is 0 Å². The Morgan fingerprint density at radius 3 is 2.44 bits per heavy atom. The first-order chi connectivity index (χ1) is 8.33. The van der Waals surface area contributed by atoms with Crippen molar-refractivity contribution in [1.29, 1.82) is 0 Å². The smallest absolute Gasteiger partial charge is 0.102 e. The van der Waals surface area contributed by atoms with Crippen molar-refractivity contribution in [1.82, 2.24) is 0 Å². The first kappa shape index (κ1) is 12.0. The lowest BCUT2D eigenvalue weighted by Crippen LogP contribution is -2.51. The molecule has 0 saturated heterocycles. The molecular weight excluding hydrogens is 222 g/mol. The molecule has 2 aliphatic rings. The van der Waals surface area contributed by atoms with Crippen LogP contribution in [0.5, 0.6) is 0 Å². The highest BCUT2D eigenvalue weighted by atomic mass is 16.3. The van der Waals surface area contributed by atoms with E-state index in [2.05, 4.69) is 20.8 Å². The van der Waals surface area contributed by atoms with E-state index >= 15 is 0 Å². The molecule has 0 unspecified atom stereocenters. The summed E-state index contributed by atoms with van der Waals surface area (Å²) in [6.45, 7) is 6.64. The molecule has 3 atom stereocenters. The van der Waals surface area contributed by atoms with Gasteiger partial charge in [-0.3, -0.25) is 0 Å². The van der Waals surface area contributed by atoms with Crippen LogP contribution in [0, 0.1) is 16.7 Å². The number of para-hydroxylation sites is 1. The minimum absolute atomic E-state index is 0.0311. The average Bonchev–Trinajstić information content (AvgIpc) is 2.78. The Hall–Kier alpha value is -1.02. The van der Waals surface area contributed by atoms with E-state index < -0.39 is 5.60 Å². The molecule has 3 N–H and O–H groups in total. The highest BCUT2D eigenvalue weighted by Crippen LogP contribution is 2.72. The molecule has 2 nitrogen and oxygen atoms in total. The van der Waals surface area contributed by atoms with Gasteiger partial charge in [0.05, 0.1) is 0 Å². The zero-order valence-corrected chi connectivity index (χ0v) is 11.5. The molecule has 2 aliphatic carbocycles. The van der Waals surface area contributed by atoms with E-state index in [1.807, 2.05) is 24.3 Å². The summed E-state index contributed by atoms with van der Waals surface area (Å²) in [5, 5.41) is 11.5. The van der Waals surface area contributed by atoms with Crippen molar-refractivity contribution in [3.8, 4) is 0 Å². The number of rotatable bonds is 1. The molecule has 1 aromatic carbocycles. The summed E-state index contributed by atoms with van der Waals surface area (Å²) in [6.07, 6.45) is 3.45. The second-order valence-corrected chi connectivity index (χ2v) is 7.02. The fourth-order valence-electron chi connectivity index (χ4n) is 4.76. The van der Waals surface area contributed by atoms with E-state index in [0.717, 1.165) is 24.1 Å². The molecule has 1 aromatic rings. The fourth-order valence-corrected chi connectivity index (χ4v) is 4.76. The van der Waals surface area contributed by atoms with E-state index in [-0.39, 0.29) is 10.8 Å². The molecule has 2 heteroatoms. The number of nitrogen functional groups attached to an aromatic ring is 1. The molecule has 2 saturated carbocycles. The quantitative estimate of drug-likeness (QED) is 0.746. The van der Waals surface area contributed by atoms with Gasteiger partial charge >= 0.3 is 0 Å². The standard InChI is InChI=1S/C16H23NO/c1-14(2)11-8-9-15(3,10-11)16(14,18)12-6-4-5-7-13(12)17/h4-7,11,18H,8-10,17H2,1-3H3/t11-,15+,16-/m1/s1. The number of aliphatic hydroxyl groups is 1. The normalized spacial score (nSPS) is 41.2. The first-order valence-electron chi connectivity index (χ1n) is 6.90. The van der Waals surface area contributed by atoms with E-state index in [0.29, 0.717) is 5.92 Å². The maximum atomic E-state index is 11.5. The van der Waals surface area contributed by atoms with Crippen LogP contribution in [0.1, 0.15) is 45.6 Å². The van der Waals surface area contributed by atoms with Gasteiger partial charge in [-0.2, -0.15) is 0 Å². The van der Waals surface area contributed by atoms with E-state index in [1.165, 1.54) is 6.42 Å². The zero-order valence-electron chi connectivity index (χ0n) is 11.5. The summed E-state index contributed by atoms with van der Waals surface area (Å²) in [5.41, 5.74) is 6.86. The predicted molar refractivity (Wildman–Crippen MR) is 74.0 cm³/mol. The maximum Gasteiger partial charge on any atom is 0.102 e. The van der Waals surface area contributed by atoms with Gasteiger partial charge in [-0.1, -0.05) is 39.0 Å². The third-order valence-electron chi connectivity index (χ3n) is 5.92. The van der Waals surface area contributed by atoms with E-state index in [4.69, 9.17) is 5.73 Å². The monoisotopic (exact) mass is 245 g/mol. The predicted octanol–water partition coefficient (Wildman–Crippen LogP) is 3.30. The summed E-state index contributed by atoms with van der Waals surface area (Å²) in [5.74, 6) is 0.604. The molecule has 0 radical (unpaired) electrons. The van der Waals surface area contributed by atoms with Crippen LogP contribution in [0.3, 0.4) is 0 Å². The minimum Gasteiger partial charge on any atom is -0.398 e. The van der Waals surface area contributed by atoms with Gasteiger partial charge in [0.15, 0.2) is 0 Å². The van der Waals surface area contributed by atoms with Crippen LogP contribution < -0.4 is 5.73 Å². The molecular formula is C16H23NO. The first-order valence-corrected chi connectivity index (χ1v) is 6.90. The van der Waals surface area contributed by atoms with Gasteiger partial charge in [0, 0.05) is 22.1 Å². The maximum absolute atomic E-state index is 11.5. The van der Waals surface area contributed by atoms with E-state index in [9.17, 15) is 5.11 Å². The van der Waals surface area contributed by atoms with Gasteiger partial charge in [0.2, 0.25) is 0 Å². The molecule has 0 spiro atoms. The number of benzene rings is 1. The topological polar surface area (TPSA) is 46.2 Å². The third kappa shape index (κ3) is 1.13. The highest BCUT2D eigenvalue weighted by Gasteiger charge is 2.69. The Kier molecular flexibility index (Phi) is 2.20. The summed E-state index contributed by atoms with van der Waals surface area (Å²) in [7, 11) is 0. The van der Waals surface area contributed by atoms with Gasteiger partial charge in [-0.25, -0.2) is 0 Å². The van der Waals surface area contributed by atoms with Crippen molar-refractivity contribution in [2.45, 2.75) is 45.6 Å². The Bertz CT molecular complexity index is 489. The van der Waals surface area contributed by atoms with Crippen LogP contribution in [0.15, 0.2) is 24.3 Å². The van der Waals surface area contributed by atoms with Crippen LogP contribution in [-0.4, -0.2) is 5.11 Å². The minimum atomic E-state index is -0.797. The molecule has 2 bridgehead atoms. The lowest BCUT2D eigenvalue weighted by atomic mass is 9.57. The van der Waals surface area contributed by atoms with Crippen molar-refractivity contribution < 1.29 is 5.11 Å². The fraction of sp³-hybridized carbons (Fsp3) is 0.625. The second-order valence-electron chi connectivity index (χ2n) is 7.02. The average molecular weight is 245 g/mol. The Morgan fingerprint density at radius 2 is 1.89 bits per heavy atom. The molecule has 0 heterocycles. The summed E-state index contributed by atoms with van der Waals surface area (Å²) in [4.78, 5) is 0. The van der Waals surface area contributed by atoms with Gasteiger partial charge in [0.1, 0.15) is 5.60 Å². The lowest BCUT2D eigenvalue weighted by molar-refractivity contribution is -0.150. The lowest BCUT2D eigenvalue weighted by Gasteiger charge is -2.51. The van der Waals surface area contributed by atoms with Crippen LogP contribution >= 0.6 is 0 Å². The van der Waals surface area contributed by atoms with Crippen LogP contribution in [0.4, 0.5) is 5.69 Å².